The van der Waals surface area contributed by atoms with E-state index in [4.69, 9.17) is 4.74 Å². The molecule has 2 aromatic rings. The lowest BCUT2D eigenvalue weighted by molar-refractivity contribution is -0.164. The van der Waals surface area contributed by atoms with E-state index in [2.05, 4.69) is 29.6 Å². The van der Waals surface area contributed by atoms with Crippen LogP contribution in [-0.2, 0) is 21.6 Å². The fraction of sp³-hybridized carbons (Fsp3) is 0.381. The van der Waals surface area contributed by atoms with E-state index in [9.17, 15) is 4.79 Å². The normalized spacial score (nSPS) is 16.5. The van der Waals surface area contributed by atoms with Crippen LogP contribution in [0.1, 0.15) is 36.8 Å². The Labute approximate surface area is 144 Å². The lowest BCUT2D eigenvalue weighted by Gasteiger charge is -2.37. The molecule has 0 spiro atoms. The molecule has 126 valence electrons. The number of esters is 1. The summed E-state index contributed by atoms with van der Waals surface area (Å²) in [5.74, 6) is -0.0864. The number of nitrogens with one attached hydrogen (secondary N) is 1. The highest BCUT2D eigenvalue weighted by atomic mass is 16.6. The van der Waals surface area contributed by atoms with Crippen molar-refractivity contribution in [2.45, 2.75) is 37.7 Å². The Morgan fingerprint density at radius 2 is 1.58 bits per heavy atom. The van der Waals surface area contributed by atoms with E-state index in [0.29, 0.717) is 6.42 Å². The highest BCUT2D eigenvalue weighted by molar-refractivity contribution is 5.70. The van der Waals surface area contributed by atoms with Crippen molar-refractivity contribution in [3.63, 3.8) is 0 Å². The second-order valence-corrected chi connectivity index (χ2v) is 6.42. The van der Waals surface area contributed by atoms with Gasteiger partial charge in [0.15, 0.2) is 0 Å². The largest absolute Gasteiger partial charge is 0.454 e. The van der Waals surface area contributed by atoms with Crippen molar-refractivity contribution in [1.82, 2.24) is 5.32 Å². The van der Waals surface area contributed by atoms with Crippen molar-refractivity contribution in [2.24, 2.45) is 0 Å². The van der Waals surface area contributed by atoms with Gasteiger partial charge in [-0.15, -0.1) is 0 Å². The maximum atomic E-state index is 12.4. The number of ether oxygens (including phenoxy) is 1. The molecule has 1 fully saturated rings. The van der Waals surface area contributed by atoms with Gasteiger partial charge in [-0.3, -0.25) is 4.79 Å². The number of aryl methyl sites for hydroxylation is 1. The summed E-state index contributed by atoms with van der Waals surface area (Å²) in [6, 6.07) is 20.5. The van der Waals surface area contributed by atoms with Crippen molar-refractivity contribution in [3.05, 3.63) is 71.8 Å². The standard InChI is InChI=1S/C21H25NO2/c23-20(13-7-10-18-8-3-1-4-9-18)24-21(14-16-22-17-15-21)19-11-5-2-6-12-19/h1-6,8-9,11-12,22H,7,10,13-17H2. The molecular weight excluding hydrogens is 298 g/mol. The van der Waals surface area contributed by atoms with Gasteiger partial charge in [0.25, 0.3) is 0 Å². The number of piperidine rings is 1. The lowest BCUT2D eigenvalue weighted by atomic mass is 9.84. The molecule has 1 N–H and O–H groups in total. The van der Waals surface area contributed by atoms with E-state index in [1.165, 1.54) is 5.56 Å². The smallest absolute Gasteiger partial charge is 0.306 e. The molecule has 0 aliphatic carbocycles. The highest BCUT2D eigenvalue weighted by Crippen LogP contribution is 2.35. The van der Waals surface area contributed by atoms with E-state index in [0.717, 1.165) is 44.3 Å². The van der Waals surface area contributed by atoms with E-state index in [1.54, 1.807) is 0 Å². The minimum atomic E-state index is -0.462. The Morgan fingerprint density at radius 3 is 2.25 bits per heavy atom. The van der Waals surface area contributed by atoms with Crippen LogP contribution in [-0.4, -0.2) is 19.1 Å². The molecule has 1 aliphatic heterocycles. The molecule has 0 atom stereocenters. The van der Waals surface area contributed by atoms with Gasteiger partial charge >= 0.3 is 5.97 Å². The van der Waals surface area contributed by atoms with Crippen LogP contribution in [0.5, 0.6) is 0 Å². The molecule has 24 heavy (non-hydrogen) atoms. The summed E-state index contributed by atoms with van der Waals surface area (Å²) < 4.78 is 6.02. The topological polar surface area (TPSA) is 38.3 Å². The van der Waals surface area contributed by atoms with Crippen LogP contribution in [0.25, 0.3) is 0 Å². The monoisotopic (exact) mass is 323 g/mol. The van der Waals surface area contributed by atoms with E-state index >= 15 is 0 Å². The van der Waals surface area contributed by atoms with E-state index < -0.39 is 5.60 Å². The van der Waals surface area contributed by atoms with Crippen LogP contribution in [0.4, 0.5) is 0 Å². The summed E-state index contributed by atoms with van der Waals surface area (Å²) in [6.45, 7) is 1.76. The molecule has 0 bridgehead atoms. The average molecular weight is 323 g/mol. The SMILES string of the molecule is O=C(CCCc1ccccc1)OC1(c2ccccc2)CCNCC1. The van der Waals surface area contributed by atoms with Crippen LogP contribution in [0, 0.1) is 0 Å². The Hall–Kier alpha value is -2.13. The molecule has 2 aromatic carbocycles. The first-order valence-corrected chi connectivity index (χ1v) is 8.81. The molecule has 3 nitrogen and oxygen atoms in total. The third-order valence-corrected chi connectivity index (χ3v) is 4.71. The van der Waals surface area contributed by atoms with Gasteiger partial charge in [-0.1, -0.05) is 60.7 Å². The van der Waals surface area contributed by atoms with Crippen molar-refractivity contribution < 1.29 is 9.53 Å². The van der Waals surface area contributed by atoms with Gasteiger partial charge in [-0.2, -0.15) is 0 Å². The van der Waals surface area contributed by atoms with Crippen LogP contribution in [0.15, 0.2) is 60.7 Å². The number of rotatable bonds is 6. The zero-order valence-corrected chi connectivity index (χ0v) is 14.0. The van der Waals surface area contributed by atoms with Gasteiger partial charge in [0.05, 0.1) is 0 Å². The third kappa shape index (κ3) is 4.24. The van der Waals surface area contributed by atoms with Gasteiger partial charge in [0.2, 0.25) is 0 Å². The molecule has 0 saturated carbocycles. The number of carbonyl (C=O) groups excluding carboxylic acids is 1. The second-order valence-electron chi connectivity index (χ2n) is 6.42. The van der Waals surface area contributed by atoms with Gasteiger partial charge < -0.3 is 10.1 Å². The third-order valence-electron chi connectivity index (χ3n) is 4.71. The Morgan fingerprint density at radius 1 is 0.958 bits per heavy atom. The molecule has 3 rings (SSSR count). The van der Waals surface area contributed by atoms with Crippen LogP contribution in [0.2, 0.25) is 0 Å². The molecule has 0 aromatic heterocycles. The van der Waals surface area contributed by atoms with Crippen molar-refractivity contribution in [2.75, 3.05) is 13.1 Å². The van der Waals surface area contributed by atoms with E-state index in [-0.39, 0.29) is 5.97 Å². The first kappa shape index (κ1) is 16.7. The molecular formula is C21H25NO2. The number of hydrogen-bond acceptors (Lipinski definition) is 3. The molecule has 0 amide bonds. The predicted octanol–water partition coefficient (Wildman–Crippen LogP) is 3.83. The van der Waals surface area contributed by atoms with Crippen molar-refractivity contribution in [1.29, 1.82) is 0 Å². The second kappa shape index (κ2) is 8.11. The summed E-state index contributed by atoms with van der Waals surface area (Å²) in [7, 11) is 0. The van der Waals surface area contributed by atoms with Crippen LogP contribution < -0.4 is 5.32 Å². The Kier molecular flexibility index (Phi) is 5.65. The zero-order valence-electron chi connectivity index (χ0n) is 14.0. The maximum Gasteiger partial charge on any atom is 0.306 e. The molecule has 1 saturated heterocycles. The zero-order chi connectivity index (χ0) is 16.7. The van der Waals surface area contributed by atoms with E-state index in [1.807, 2.05) is 36.4 Å². The van der Waals surface area contributed by atoms with Crippen LogP contribution >= 0.6 is 0 Å². The number of hydrogen-bond donors (Lipinski definition) is 1. The number of benzene rings is 2. The van der Waals surface area contributed by atoms with Gasteiger partial charge in [0.1, 0.15) is 5.60 Å². The minimum Gasteiger partial charge on any atom is -0.454 e. The van der Waals surface area contributed by atoms with Crippen molar-refractivity contribution >= 4 is 5.97 Å². The summed E-state index contributed by atoms with van der Waals surface area (Å²) >= 11 is 0. The Balaban J connectivity index is 1.59. The lowest BCUT2D eigenvalue weighted by Crippen LogP contribution is -2.43. The summed E-state index contributed by atoms with van der Waals surface area (Å²) in [4.78, 5) is 12.4. The predicted molar refractivity (Wildman–Crippen MR) is 95.7 cm³/mol. The summed E-state index contributed by atoms with van der Waals surface area (Å²) in [5, 5.41) is 3.36. The van der Waals surface area contributed by atoms with Gasteiger partial charge in [-0.25, -0.2) is 0 Å². The van der Waals surface area contributed by atoms with Crippen LogP contribution in [0.3, 0.4) is 0 Å². The fourth-order valence-electron chi connectivity index (χ4n) is 3.37. The quantitative estimate of drug-likeness (QED) is 0.821. The van der Waals surface area contributed by atoms with Crippen molar-refractivity contribution in [3.8, 4) is 0 Å². The summed E-state index contributed by atoms with van der Waals surface area (Å²) in [6.07, 6.45) is 3.88. The maximum absolute atomic E-state index is 12.4. The first-order chi connectivity index (χ1) is 11.8. The highest BCUT2D eigenvalue weighted by Gasteiger charge is 2.37. The molecule has 1 heterocycles. The minimum absolute atomic E-state index is 0.0864. The average Bonchev–Trinajstić information content (AvgIpc) is 2.64. The summed E-state index contributed by atoms with van der Waals surface area (Å²) in [5.41, 5.74) is 1.92. The molecule has 0 radical (unpaired) electrons. The Bertz CT molecular complexity index is 633. The molecule has 0 unspecified atom stereocenters. The molecule has 3 heteroatoms. The first-order valence-electron chi connectivity index (χ1n) is 8.81. The molecule has 1 aliphatic rings. The van der Waals surface area contributed by atoms with Gasteiger partial charge in [0, 0.05) is 19.3 Å². The fourth-order valence-corrected chi connectivity index (χ4v) is 3.37. The van der Waals surface area contributed by atoms with Gasteiger partial charge in [-0.05, 0) is 37.1 Å². The number of carbonyl (C=O) groups is 1.